The first-order chi connectivity index (χ1) is 10.5. The number of nitrogens with one attached hydrogen (secondary N) is 1. The average molecular weight is 338 g/mol. The summed E-state index contributed by atoms with van der Waals surface area (Å²) in [6, 6.07) is 7.56. The molecule has 1 atom stereocenters. The topological polar surface area (TPSA) is 67.3 Å². The maximum atomic E-state index is 11.8. The predicted molar refractivity (Wildman–Crippen MR) is 90.2 cm³/mol. The van der Waals surface area contributed by atoms with E-state index >= 15 is 0 Å². The molecule has 118 valence electrons. The lowest BCUT2D eigenvalue weighted by atomic mass is 10.3. The zero-order chi connectivity index (χ0) is 16.1. The maximum absolute atomic E-state index is 11.8. The van der Waals surface area contributed by atoms with Crippen LogP contribution < -0.4 is 10.1 Å². The number of carbonyl (C=O) groups excluding carboxylic acids is 1. The van der Waals surface area contributed by atoms with Crippen LogP contribution in [0.4, 0.5) is 10.8 Å². The molecule has 0 radical (unpaired) electrons. The lowest BCUT2D eigenvalue weighted by Crippen LogP contribution is -2.29. The first-order valence-corrected chi connectivity index (χ1v) is 8.31. The van der Waals surface area contributed by atoms with Crippen LogP contribution in [-0.4, -0.2) is 47.5 Å². The van der Waals surface area contributed by atoms with Gasteiger partial charge in [0.25, 0.3) is 0 Å². The Morgan fingerprint density at radius 3 is 2.59 bits per heavy atom. The van der Waals surface area contributed by atoms with Gasteiger partial charge in [-0.15, -0.1) is 10.2 Å². The summed E-state index contributed by atoms with van der Waals surface area (Å²) in [5.41, 5.74) is 0.908. The van der Waals surface area contributed by atoms with Crippen LogP contribution in [0.5, 0.6) is 5.75 Å². The molecule has 0 aliphatic rings. The highest BCUT2D eigenvalue weighted by Crippen LogP contribution is 2.31. The zero-order valence-electron chi connectivity index (χ0n) is 12.9. The standard InChI is InChI=1S/C14H18N4O2S2/c1-9(12(19)18(2)3)21-14-17-16-13(22-14)15-10-5-7-11(20-4)8-6-10/h5-9H,1-4H3,(H,15,16). The van der Waals surface area contributed by atoms with Crippen molar-refractivity contribution in [3.8, 4) is 5.75 Å². The Balaban J connectivity index is 1.97. The number of anilines is 2. The van der Waals surface area contributed by atoms with Crippen LogP contribution in [0.1, 0.15) is 6.92 Å². The molecule has 0 bridgehead atoms. The van der Waals surface area contributed by atoms with E-state index in [0.29, 0.717) is 5.13 Å². The number of rotatable bonds is 6. The minimum Gasteiger partial charge on any atom is -0.497 e. The Bertz CT molecular complexity index is 628. The molecule has 0 aliphatic heterocycles. The number of hydrogen-bond acceptors (Lipinski definition) is 7. The fourth-order valence-electron chi connectivity index (χ4n) is 1.67. The summed E-state index contributed by atoms with van der Waals surface area (Å²) in [7, 11) is 5.12. The highest BCUT2D eigenvalue weighted by molar-refractivity contribution is 8.02. The molecule has 2 rings (SSSR count). The van der Waals surface area contributed by atoms with Gasteiger partial charge in [0.15, 0.2) is 4.34 Å². The summed E-state index contributed by atoms with van der Waals surface area (Å²) in [4.78, 5) is 13.4. The average Bonchev–Trinajstić information content (AvgIpc) is 2.94. The molecule has 1 aromatic carbocycles. The summed E-state index contributed by atoms with van der Waals surface area (Å²) < 4.78 is 5.88. The molecular weight excluding hydrogens is 320 g/mol. The van der Waals surface area contributed by atoms with Crippen LogP contribution in [0, 0.1) is 0 Å². The first kappa shape index (κ1) is 16.6. The van der Waals surface area contributed by atoms with Gasteiger partial charge in [-0.1, -0.05) is 23.1 Å². The van der Waals surface area contributed by atoms with E-state index in [-0.39, 0.29) is 11.2 Å². The Kier molecular flexibility index (Phi) is 5.62. The van der Waals surface area contributed by atoms with Crippen molar-refractivity contribution in [2.75, 3.05) is 26.5 Å². The van der Waals surface area contributed by atoms with E-state index < -0.39 is 0 Å². The number of amides is 1. The lowest BCUT2D eigenvalue weighted by Gasteiger charge is -2.14. The maximum Gasteiger partial charge on any atom is 0.235 e. The van der Waals surface area contributed by atoms with E-state index in [1.54, 1.807) is 26.1 Å². The molecule has 6 nitrogen and oxygen atoms in total. The number of aromatic nitrogens is 2. The Labute approximate surface area is 137 Å². The molecule has 22 heavy (non-hydrogen) atoms. The molecule has 0 spiro atoms. The van der Waals surface area contributed by atoms with Crippen LogP contribution in [0.2, 0.25) is 0 Å². The fraction of sp³-hybridized carbons (Fsp3) is 0.357. The normalized spacial score (nSPS) is 11.8. The predicted octanol–water partition coefficient (Wildman–Crippen LogP) is 2.86. The SMILES string of the molecule is COc1ccc(Nc2nnc(SC(C)C(=O)N(C)C)s2)cc1. The van der Waals surface area contributed by atoms with Crippen molar-refractivity contribution >= 4 is 39.8 Å². The number of nitrogens with zero attached hydrogens (tertiary/aromatic N) is 3. The van der Waals surface area contributed by atoms with Gasteiger partial charge in [-0.2, -0.15) is 0 Å². The van der Waals surface area contributed by atoms with Crippen molar-refractivity contribution in [3.63, 3.8) is 0 Å². The van der Waals surface area contributed by atoms with Crippen molar-refractivity contribution in [2.45, 2.75) is 16.5 Å². The highest BCUT2D eigenvalue weighted by Gasteiger charge is 2.18. The fourth-order valence-corrected chi connectivity index (χ4v) is 3.73. The summed E-state index contributed by atoms with van der Waals surface area (Å²) in [6.45, 7) is 1.87. The van der Waals surface area contributed by atoms with Gasteiger partial charge in [-0.3, -0.25) is 4.79 Å². The largest absolute Gasteiger partial charge is 0.497 e. The van der Waals surface area contributed by atoms with E-state index in [1.165, 1.54) is 23.1 Å². The van der Waals surface area contributed by atoms with Gasteiger partial charge in [0, 0.05) is 19.8 Å². The Morgan fingerprint density at radius 2 is 2.00 bits per heavy atom. The van der Waals surface area contributed by atoms with Crippen LogP contribution in [0.3, 0.4) is 0 Å². The quantitative estimate of drug-likeness (QED) is 0.817. The van der Waals surface area contributed by atoms with Crippen LogP contribution >= 0.6 is 23.1 Å². The van der Waals surface area contributed by atoms with E-state index in [4.69, 9.17) is 4.74 Å². The van der Waals surface area contributed by atoms with Crippen molar-refractivity contribution in [3.05, 3.63) is 24.3 Å². The number of ether oxygens (including phenoxy) is 1. The second-order valence-corrected chi connectivity index (χ2v) is 7.28. The third-order valence-corrected chi connectivity index (χ3v) is 4.82. The van der Waals surface area contributed by atoms with Gasteiger partial charge in [0.05, 0.1) is 12.4 Å². The van der Waals surface area contributed by atoms with Gasteiger partial charge < -0.3 is 15.0 Å². The van der Waals surface area contributed by atoms with Gasteiger partial charge in [0.1, 0.15) is 5.75 Å². The first-order valence-electron chi connectivity index (χ1n) is 6.62. The van der Waals surface area contributed by atoms with Crippen LogP contribution in [0.25, 0.3) is 0 Å². The second kappa shape index (κ2) is 7.46. The van der Waals surface area contributed by atoms with Crippen molar-refractivity contribution in [1.29, 1.82) is 0 Å². The van der Waals surface area contributed by atoms with E-state index in [1.807, 2.05) is 31.2 Å². The minimum atomic E-state index is -0.184. The van der Waals surface area contributed by atoms with E-state index in [0.717, 1.165) is 15.8 Å². The molecule has 0 saturated carbocycles. The number of carbonyl (C=O) groups is 1. The highest BCUT2D eigenvalue weighted by atomic mass is 32.2. The number of hydrogen-bond donors (Lipinski definition) is 1. The molecule has 1 amide bonds. The molecule has 1 heterocycles. The van der Waals surface area contributed by atoms with Gasteiger partial charge in [0.2, 0.25) is 11.0 Å². The lowest BCUT2D eigenvalue weighted by molar-refractivity contribution is -0.127. The van der Waals surface area contributed by atoms with Gasteiger partial charge >= 0.3 is 0 Å². The zero-order valence-corrected chi connectivity index (χ0v) is 14.5. The number of thioether (sulfide) groups is 1. The molecule has 0 fully saturated rings. The monoisotopic (exact) mass is 338 g/mol. The molecule has 1 aromatic heterocycles. The van der Waals surface area contributed by atoms with Crippen LogP contribution in [0.15, 0.2) is 28.6 Å². The van der Waals surface area contributed by atoms with Crippen molar-refractivity contribution in [2.24, 2.45) is 0 Å². The second-order valence-electron chi connectivity index (χ2n) is 4.72. The molecule has 1 N–H and O–H groups in total. The number of methoxy groups -OCH3 is 1. The molecule has 1 unspecified atom stereocenters. The number of benzene rings is 1. The smallest absolute Gasteiger partial charge is 0.235 e. The van der Waals surface area contributed by atoms with Gasteiger partial charge in [-0.25, -0.2) is 0 Å². The van der Waals surface area contributed by atoms with Gasteiger partial charge in [-0.05, 0) is 31.2 Å². The Hall–Kier alpha value is -1.80. The van der Waals surface area contributed by atoms with E-state index in [9.17, 15) is 4.79 Å². The Morgan fingerprint density at radius 1 is 1.32 bits per heavy atom. The van der Waals surface area contributed by atoms with Crippen molar-refractivity contribution in [1.82, 2.24) is 15.1 Å². The van der Waals surface area contributed by atoms with E-state index in [2.05, 4.69) is 15.5 Å². The molecule has 2 aromatic rings. The molecule has 0 saturated heterocycles. The summed E-state index contributed by atoms with van der Waals surface area (Å²) in [5.74, 6) is 0.861. The minimum absolute atomic E-state index is 0.0601. The van der Waals surface area contributed by atoms with Crippen molar-refractivity contribution < 1.29 is 9.53 Å². The molecule has 8 heteroatoms. The summed E-state index contributed by atoms with van der Waals surface area (Å²) in [6.07, 6.45) is 0. The third-order valence-electron chi connectivity index (χ3n) is 2.81. The molecule has 0 aliphatic carbocycles. The van der Waals surface area contributed by atoms with Crippen LogP contribution in [-0.2, 0) is 4.79 Å². The molecular formula is C14H18N4O2S2. The summed E-state index contributed by atoms with van der Waals surface area (Å²) >= 11 is 2.83. The third kappa shape index (κ3) is 4.35. The summed E-state index contributed by atoms with van der Waals surface area (Å²) in [5, 5.41) is 11.9.